The second-order valence-electron chi connectivity index (χ2n) is 6.14. The Bertz CT molecular complexity index is 939. The topological polar surface area (TPSA) is 60.9 Å². The van der Waals surface area contributed by atoms with Crippen LogP contribution in [0.3, 0.4) is 0 Å². The fraction of sp³-hybridized carbons (Fsp3) is 0.250. The molecule has 0 unspecified atom stereocenters. The Hall–Kier alpha value is -2.60. The summed E-state index contributed by atoms with van der Waals surface area (Å²) in [5.41, 5.74) is 4.78. The van der Waals surface area contributed by atoms with E-state index in [-0.39, 0.29) is 11.5 Å². The molecule has 0 N–H and O–H groups in total. The van der Waals surface area contributed by atoms with Gasteiger partial charge in [0.05, 0.1) is 5.75 Å². The van der Waals surface area contributed by atoms with Crippen molar-refractivity contribution < 1.29 is 9.21 Å². The fourth-order valence-electron chi connectivity index (χ4n) is 2.78. The van der Waals surface area contributed by atoms with Gasteiger partial charge in [-0.2, -0.15) is 0 Å². The molecule has 0 aliphatic rings. The van der Waals surface area contributed by atoms with Crippen LogP contribution >= 0.6 is 11.8 Å². The Balaban J connectivity index is 1.68. The molecule has 0 saturated heterocycles. The first-order valence-electron chi connectivity index (χ1n) is 8.33. The van der Waals surface area contributed by atoms with Crippen LogP contribution in [0.25, 0.3) is 11.5 Å². The predicted molar refractivity (Wildman–Crippen MR) is 104 cm³/mol. The lowest BCUT2D eigenvalue weighted by Gasteiger charge is -2.05. The molecule has 26 heavy (non-hydrogen) atoms. The molecule has 0 atom stereocenters. The van der Waals surface area contributed by atoms with Crippen LogP contribution in [0.4, 0.5) is 0 Å². The summed E-state index contributed by atoms with van der Waals surface area (Å²) in [6.45, 7) is 10.4. The van der Waals surface area contributed by atoms with E-state index in [1.54, 1.807) is 0 Å². The summed E-state index contributed by atoms with van der Waals surface area (Å²) in [6.07, 6.45) is 1.83. The highest BCUT2D eigenvalue weighted by Gasteiger charge is 2.17. The maximum atomic E-state index is 12.6. The van der Waals surface area contributed by atoms with Crippen LogP contribution in [0.1, 0.15) is 27.3 Å². The van der Waals surface area contributed by atoms with Crippen molar-refractivity contribution in [1.82, 2.24) is 14.8 Å². The van der Waals surface area contributed by atoms with Gasteiger partial charge in [0.2, 0.25) is 5.89 Å². The molecule has 0 spiro atoms. The first-order chi connectivity index (χ1) is 12.5. The van der Waals surface area contributed by atoms with E-state index in [9.17, 15) is 4.79 Å². The third-order valence-corrected chi connectivity index (χ3v) is 5.04. The van der Waals surface area contributed by atoms with E-state index in [1.807, 2.05) is 57.2 Å². The zero-order valence-corrected chi connectivity index (χ0v) is 16.0. The van der Waals surface area contributed by atoms with Crippen molar-refractivity contribution in [2.75, 3.05) is 5.75 Å². The minimum absolute atomic E-state index is 0.0495. The van der Waals surface area contributed by atoms with Crippen LogP contribution in [0.2, 0.25) is 0 Å². The molecule has 0 radical (unpaired) electrons. The van der Waals surface area contributed by atoms with Crippen LogP contribution in [0.15, 0.2) is 52.6 Å². The van der Waals surface area contributed by atoms with Gasteiger partial charge in [0, 0.05) is 29.1 Å². The van der Waals surface area contributed by atoms with Crippen LogP contribution in [0.5, 0.6) is 0 Å². The summed E-state index contributed by atoms with van der Waals surface area (Å²) >= 11 is 1.26. The van der Waals surface area contributed by atoms with E-state index >= 15 is 0 Å². The molecule has 0 saturated carbocycles. The molecule has 3 rings (SSSR count). The number of carbonyl (C=O) groups excluding carboxylic acids is 1. The normalized spacial score (nSPS) is 10.9. The molecule has 2 heterocycles. The lowest BCUT2D eigenvalue weighted by Crippen LogP contribution is -2.06. The Labute approximate surface area is 157 Å². The van der Waals surface area contributed by atoms with Gasteiger partial charge in [-0.1, -0.05) is 35.5 Å². The Kier molecular flexibility index (Phi) is 5.42. The van der Waals surface area contributed by atoms with E-state index < -0.39 is 0 Å². The van der Waals surface area contributed by atoms with Gasteiger partial charge < -0.3 is 8.98 Å². The third-order valence-electron chi connectivity index (χ3n) is 4.22. The van der Waals surface area contributed by atoms with Crippen molar-refractivity contribution in [3.8, 4) is 11.5 Å². The second kappa shape index (κ2) is 7.74. The molecule has 0 aliphatic carbocycles. The predicted octanol–water partition coefficient (Wildman–Crippen LogP) is 4.62. The third kappa shape index (κ3) is 3.80. The Morgan fingerprint density at radius 1 is 1.23 bits per heavy atom. The van der Waals surface area contributed by atoms with E-state index in [1.165, 1.54) is 17.3 Å². The van der Waals surface area contributed by atoms with Crippen LogP contribution in [0, 0.1) is 20.8 Å². The summed E-state index contributed by atoms with van der Waals surface area (Å²) in [5, 5.41) is 8.49. The molecular weight excluding hydrogens is 346 g/mol. The quantitative estimate of drug-likeness (QED) is 0.346. The zero-order valence-electron chi connectivity index (χ0n) is 15.2. The maximum absolute atomic E-state index is 12.6. The summed E-state index contributed by atoms with van der Waals surface area (Å²) in [4.78, 5) is 12.6. The molecule has 0 bridgehead atoms. The fourth-order valence-corrected chi connectivity index (χ4v) is 3.43. The van der Waals surface area contributed by atoms with Gasteiger partial charge in [-0.25, -0.2) is 0 Å². The lowest BCUT2D eigenvalue weighted by molar-refractivity contribution is 0.102. The van der Waals surface area contributed by atoms with Gasteiger partial charge in [0.1, 0.15) is 0 Å². The van der Waals surface area contributed by atoms with Crippen molar-refractivity contribution >= 4 is 17.5 Å². The van der Waals surface area contributed by atoms with Gasteiger partial charge in [-0.05, 0) is 39.0 Å². The number of thioether (sulfide) groups is 1. The largest absolute Gasteiger partial charge is 0.411 e. The van der Waals surface area contributed by atoms with Crippen LogP contribution < -0.4 is 0 Å². The maximum Gasteiger partial charge on any atom is 0.277 e. The van der Waals surface area contributed by atoms with Crippen molar-refractivity contribution in [1.29, 1.82) is 0 Å². The number of nitrogens with zero attached hydrogens (tertiary/aromatic N) is 3. The van der Waals surface area contributed by atoms with Crippen molar-refractivity contribution in [3.05, 3.63) is 65.5 Å². The van der Waals surface area contributed by atoms with Crippen LogP contribution in [-0.2, 0) is 6.54 Å². The number of hydrogen-bond donors (Lipinski definition) is 0. The summed E-state index contributed by atoms with van der Waals surface area (Å²) in [5.74, 6) is 0.770. The van der Waals surface area contributed by atoms with Gasteiger partial charge in [0.25, 0.3) is 5.22 Å². The van der Waals surface area contributed by atoms with Gasteiger partial charge in [0.15, 0.2) is 5.78 Å². The van der Waals surface area contributed by atoms with Crippen molar-refractivity contribution in [2.45, 2.75) is 32.5 Å². The molecule has 3 aromatic rings. The van der Waals surface area contributed by atoms with E-state index in [0.717, 1.165) is 22.5 Å². The van der Waals surface area contributed by atoms with Crippen molar-refractivity contribution in [2.24, 2.45) is 0 Å². The number of ketones is 1. The second-order valence-corrected chi connectivity index (χ2v) is 7.06. The monoisotopic (exact) mass is 367 g/mol. The highest BCUT2D eigenvalue weighted by molar-refractivity contribution is 7.99. The number of allylic oxidation sites excluding steroid dienone is 1. The van der Waals surface area contributed by atoms with Crippen LogP contribution in [-0.4, -0.2) is 26.3 Å². The number of Topliss-reactive ketones (excluding diaryl/α,β-unsaturated/α-hetero) is 1. The Morgan fingerprint density at radius 3 is 2.65 bits per heavy atom. The molecular formula is C20H21N3O2S. The van der Waals surface area contributed by atoms with Gasteiger partial charge in [-0.15, -0.1) is 16.8 Å². The SMILES string of the molecule is C=CCn1c(C)cc(C(=O)CSc2nnc(-c3ccc(C)cc3)o2)c1C. The van der Waals surface area contributed by atoms with Crippen molar-refractivity contribution in [3.63, 3.8) is 0 Å². The van der Waals surface area contributed by atoms with E-state index in [2.05, 4.69) is 21.3 Å². The molecule has 0 fully saturated rings. The number of rotatable bonds is 7. The standard InChI is InChI=1S/C20H21N3O2S/c1-5-10-23-14(3)11-17(15(23)4)18(24)12-26-20-22-21-19(25-20)16-8-6-13(2)7-9-16/h5-9,11H,1,10,12H2,2-4H3. The first kappa shape index (κ1) is 18.2. The van der Waals surface area contributed by atoms with Gasteiger partial charge >= 0.3 is 0 Å². The van der Waals surface area contributed by atoms with E-state index in [4.69, 9.17) is 4.42 Å². The molecule has 6 heteroatoms. The number of hydrogen-bond acceptors (Lipinski definition) is 5. The van der Waals surface area contributed by atoms with E-state index in [0.29, 0.717) is 17.7 Å². The highest BCUT2D eigenvalue weighted by Crippen LogP contribution is 2.25. The van der Waals surface area contributed by atoms with Gasteiger partial charge in [-0.3, -0.25) is 4.79 Å². The number of aromatic nitrogens is 3. The Morgan fingerprint density at radius 2 is 1.96 bits per heavy atom. The molecule has 0 amide bonds. The minimum atomic E-state index is 0.0495. The molecule has 1 aromatic carbocycles. The average Bonchev–Trinajstić information content (AvgIpc) is 3.21. The summed E-state index contributed by atoms with van der Waals surface area (Å²) in [7, 11) is 0. The smallest absolute Gasteiger partial charge is 0.277 e. The number of carbonyl (C=O) groups is 1. The number of benzene rings is 1. The number of aryl methyl sites for hydroxylation is 2. The average molecular weight is 367 g/mol. The molecule has 0 aliphatic heterocycles. The zero-order chi connectivity index (χ0) is 18.7. The molecule has 5 nitrogen and oxygen atoms in total. The molecule has 2 aromatic heterocycles. The summed E-state index contributed by atoms with van der Waals surface area (Å²) < 4.78 is 7.74. The molecule has 134 valence electrons. The minimum Gasteiger partial charge on any atom is -0.411 e. The summed E-state index contributed by atoms with van der Waals surface area (Å²) in [6, 6.07) is 9.80. The lowest BCUT2D eigenvalue weighted by atomic mass is 10.1. The first-order valence-corrected chi connectivity index (χ1v) is 9.32. The highest BCUT2D eigenvalue weighted by atomic mass is 32.2.